The molecular weight excluding hydrogens is 322 g/mol. The van der Waals surface area contributed by atoms with Crippen LogP contribution in [-0.2, 0) is 0 Å². The van der Waals surface area contributed by atoms with E-state index in [4.69, 9.17) is 5.73 Å². The van der Waals surface area contributed by atoms with Crippen LogP contribution in [0.15, 0.2) is 11.4 Å². The highest BCUT2D eigenvalue weighted by Crippen LogP contribution is 2.29. The van der Waals surface area contributed by atoms with Gasteiger partial charge in [-0.15, -0.1) is 23.7 Å². The number of hydrogen-bond acceptors (Lipinski definition) is 4. The zero-order chi connectivity index (χ0) is 14.7. The lowest BCUT2D eigenvalue weighted by molar-refractivity contribution is -0.0499. The quantitative estimate of drug-likeness (QED) is 0.916. The summed E-state index contributed by atoms with van der Waals surface area (Å²) in [5, 5.41) is 1.58. The van der Waals surface area contributed by atoms with Gasteiger partial charge in [0.15, 0.2) is 0 Å². The van der Waals surface area contributed by atoms with Crippen LogP contribution in [0, 0.1) is 5.92 Å². The van der Waals surface area contributed by atoms with Gasteiger partial charge in [0.05, 0.1) is 0 Å². The van der Waals surface area contributed by atoms with Crippen molar-refractivity contribution in [3.8, 4) is 5.75 Å². The van der Waals surface area contributed by atoms with Crippen LogP contribution in [0.25, 0.3) is 0 Å². The fraction of sp³-hybridized carbons (Fsp3) is 0.615. The SMILES string of the molecule is CC(N)C1CCCN(C(=O)c2sccc2OC(F)F)C1.Cl. The number of alkyl halides is 2. The summed E-state index contributed by atoms with van der Waals surface area (Å²) in [4.78, 5) is 14.3. The molecule has 0 saturated carbocycles. The second-order valence-corrected chi connectivity index (χ2v) is 5.92. The molecule has 4 nitrogen and oxygen atoms in total. The van der Waals surface area contributed by atoms with E-state index in [1.807, 2.05) is 6.92 Å². The number of amides is 1. The number of thiophene rings is 1. The number of halogens is 3. The summed E-state index contributed by atoms with van der Waals surface area (Å²) in [6.07, 6.45) is 1.88. The molecule has 1 aliphatic rings. The molecule has 1 aliphatic heterocycles. The van der Waals surface area contributed by atoms with Gasteiger partial charge >= 0.3 is 6.61 Å². The summed E-state index contributed by atoms with van der Waals surface area (Å²) < 4.78 is 29.0. The third-order valence-electron chi connectivity index (χ3n) is 3.53. The predicted molar refractivity (Wildman–Crippen MR) is 80.5 cm³/mol. The molecule has 0 bridgehead atoms. The van der Waals surface area contributed by atoms with E-state index in [2.05, 4.69) is 4.74 Å². The maximum atomic E-state index is 12.4. The predicted octanol–water partition coefficient (Wildman–Crippen LogP) is 2.97. The molecule has 0 aliphatic carbocycles. The first kappa shape index (κ1) is 18.1. The van der Waals surface area contributed by atoms with E-state index in [1.165, 1.54) is 6.07 Å². The van der Waals surface area contributed by atoms with E-state index in [1.54, 1.807) is 10.3 Å². The molecule has 2 unspecified atom stereocenters. The molecule has 1 aromatic heterocycles. The number of piperidine rings is 1. The Morgan fingerprint density at radius 3 is 2.90 bits per heavy atom. The topological polar surface area (TPSA) is 55.6 Å². The number of nitrogens with zero attached hydrogens (tertiary/aromatic N) is 1. The molecule has 1 aromatic rings. The minimum absolute atomic E-state index is 0. The van der Waals surface area contributed by atoms with Gasteiger partial charge in [-0.2, -0.15) is 8.78 Å². The van der Waals surface area contributed by atoms with Gasteiger partial charge in [-0.3, -0.25) is 4.79 Å². The number of rotatable bonds is 4. The Hall–Kier alpha value is -0.920. The first-order valence-corrected chi connectivity index (χ1v) is 7.44. The maximum Gasteiger partial charge on any atom is 0.387 e. The molecule has 2 heterocycles. The van der Waals surface area contributed by atoms with Crippen molar-refractivity contribution in [1.82, 2.24) is 4.90 Å². The van der Waals surface area contributed by atoms with Crippen molar-refractivity contribution in [2.45, 2.75) is 32.4 Å². The fourth-order valence-electron chi connectivity index (χ4n) is 2.41. The molecule has 2 rings (SSSR count). The molecule has 8 heteroatoms. The van der Waals surface area contributed by atoms with Crippen molar-refractivity contribution >= 4 is 29.7 Å². The summed E-state index contributed by atoms with van der Waals surface area (Å²) in [6, 6.07) is 1.42. The van der Waals surface area contributed by atoms with E-state index in [0.29, 0.717) is 13.1 Å². The zero-order valence-electron chi connectivity index (χ0n) is 11.6. The smallest absolute Gasteiger partial charge is 0.387 e. The highest BCUT2D eigenvalue weighted by molar-refractivity contribution is 7.12. The maximum absolute atomic E-state index is 12.4. The molecule has 1 fully saturated rings. The van der Waals surface area contributed by atoms with Crippen molar-refractivity contribution < 1.29 is 18.3 Å². The molecule has 21 heavy (non-hydrogen) atoms. The first-order chi connectivity index (χ1) is 9.49. The third kappa shape index (κ3) is 4.52. The molecule has 0 aromatic carbocycles. The van der Waals surface area contributed by atoms with Crippen LogP contribution in [0.5, 0.6) is 5.75 Å². The Morgan fingerprint density at radius 2 is 2.29 bits per heavy atom. The van der Waals surface area contributed by atoms with Gasteiger partial charge in [0.2, 0.25) is 0 Å². The number of ether oxygens (including phenoxy) is 1. The van der Waals surface area contributed by atoms with E-state index >= 15 is 0 Å². The van der Waals surface area contributed by atoms with Gasteiger partial charge in [0.25, 0.3) is 5.91 Å². The highest BCUT2D eigenvalue weighted by Gasteiger charge is 2.29. The summed E-state index contributed by atoms with van der Waals surface area (Å²) >= 11 is 1.12. The lowest BCUT2D eigenvalue weighted by Crippen LogP contribution is -2.44. The number of carbonyl (C=O) groups is 1. The van der Waals surface area contributed by atoms with Crippen molar-refractivity contribution in [3.63, 3.8) is 0 Å². The number of likely N-dealkylation sites (tertiary alicyclic amines) is 1. The van der Waals surface area contributed by atoms with E-state index < -0.39 is 6.61 Å². The molecular formula is C13H19ClF2N2O2S. The molecule has 1 saturated heterocycles. The Bertz CT molecular complexity index is 471. The fourth-order valence-corrected chi connectivity index (χ4v) is 3.20. The van der Waals surface area contributed by atoms with Gasteiger partial charge in [0, 0.05) is 19.1 Å². The normalized spacial score (nSPS) is 20.0. The molecule has 2 atom stereocenters. The van der Waals surface area contributed by atoms with Crippen LogP contribution in [0.4, 0.5) is 8.78 Å². The van der Waals surface area contributed by atoms with Crippen molar-refractivity contribution in [3.05, 3.63) is 16.3 Å². The molecule has 0 spiro atoms. The second kappa shape index (κ2) is 7.91. The van der Waals surface area contributed by atoms with Crippen molar-refractivity contribution in [2.75, 3.05) is 13.1 Å². The van der Waals surface area contributed by atoms with Crippen LogP contribution in [0.2, 0.25) is 0 Å². The summed E-state index contributed by atoms with van der Waals surface area (Å²) in [5.41, 5.74) is 5.88. The van der Waals surface area contributed by atoms with E-state index in [-0.39, 0.29) is 40.9 Å². The van der Waals surface area contributed by atoms with Gasteiger partial charge in [-0.1, -0.05) is 0 Å². The van der Waals surface area contributed by atoms with Crippen LogP contribution < -0.4 is 10.5 Å². The van der Waals surface area contributed by atoms with Gasteiger partial charge in [-0.05, 0) is 37.1 Å². The zero-order valence-corrected chi connectivity index (χ0v) is 13.3. The van der Waals surface area contributed by atoms with E-state index in [0.717, 1.165) is 24.2 Å². The molecule has 2 N–H and O–H groups in total. The Kier molecular flexibility index (Phi) is 6.83. The number of hydrogen-bond donors (Lipinski definition) is 1. The van der Waals surface area contributed by atoms with Crippen LogP contribution in [0.3, 0.4) is 0 Å². The van der Waals surface area contributed by atoms with Crippen LogP contribution in [-0.4, -0.2) is 36.5 Å². The van der Waals surface area contributed by atoms with E-state index in [9.17, 15) is 13.6 Å². The second-order valence-electron chi connectivity index (χ2n) is 5.01. The number of carbonyl (C=O) groups excluding carboxylic acids is 1. The first-order valence-electron chi connectivity index (χ1n) is 6.56. The Labute approximate surface area is 132 Å². The van der Waals surface area contributed by atoms with Crippen LogP contribution in [0.1, 0.15) is 29.4 Å². The number of nitrogens with two attached hydrogens (primary N) is 1. The van der Waals surface area contributed by atoms with Gasteiger partial charge in [0.1, 0.15) is 10.6 Å². The lowest BCUT2D eigenvalue weighted by atomic mass is 9.92. The Morgan fingerprint density at radius 1 is 1.57 bits per heavy atom. The average molecular weight is 341 g/mol. The third-order valence-corrected chi connectivity index (χ3v) is 4.41. The van der Waals surface area contributed by atoms with Crippen LogP contribution >= 0.6 is 23.7 Å². The molecule has 120 valence electrons. The standard InChI is InChI=1S/C13H18F2N2O2S.ClH/c1-8(16)9-3-2-5-17(7-9)12(18)11-10(4-6-20-11)19-13(14)15;/h4,6,8-9,13H,2-3,5,7,16H2,1H3;1H. The van der Waals surface area contributed by atoms with Gasteiger partial charge < -0.3 is 15.4 Å². The van der Waals surface area contributed by atoms with Crippen molar-refractivity contribution in [1.29, 1.82) is 0 Å². The van der Waals surface area contributed by atoms with Gasteiger partial charge in [-0.25, -0.2) is 0 Å². The summed E-state index contributed by atoms with van der Waals surface area (Å²) in [7, 11) is 0. The molecule has 1 amide bonds. The highest BCUT2D eigenvalue weighted by atomic mass is 35.5. The monoisotopic (exact) mass is 340 g/mol. The summed E-state index contributed by atoms with van der Waals surface area (Å²) in [5.74, 6) is -0.0361. The summed E-state index contributed by atoms with van der Waals surface area (Å²) in [6.45, 7) is 0.209. The Balaban J connectivity index is 0.00000220. The minimum Gasteiger partial charge on any atom is -0.433 e. The minimum atomic E-state index is -2.92. The lowest BCUT2D eigenvalue weighted by Gasteiger charge is -2.34. The van der Waals surface area contributed by atoms with Crippen molar-refractivity contribution in [2.24, 2.45) is 11.7 Å². The average Bonchev–Trinajstić information content (AvgIpc) is 2.85. The largest absolute Gasteiger partial charge is 0.433 e. The molecule has 0 radical (unpaired) electrons.